The number of methoxy groups -OCH3 is 1. The van der Waals surface area contributed by atoms with Gasteiger partial charge < -0.3 is 14.8 Å². The Kier molecular flexibility index (Phi) is 6.47. The van der Waals surface area contributed by atoms with Crippen LogP contribution in [0.3, 0.4) is 0 Å². The van der Waals surface area contributed by atoms with Gasteiger partial charge in [-0.15, -0.1) is 0 Å². The molecule has 1 aromatic rings. The summed E-state index contributed by atoms with van der Waals surface area (Å²) in [6, 6.07) is 5.80. The quantitative estimate of drug-likeness (QED) is 0.824. The third kappa shape index (κ3) is 4.48. The topological polar surface area (TPSA) is 30.5 Å². The number of rotatable bonds is 7. The Hall–Kier alpha value is -0.770. The molecule has 0 heterocycles. The summed E-state index contributed by atoms with van der Waals surface area (Å²) in [6.07, 6.45) is 0.212. The van der Waals surface area contributed by atoms with Crippen LogP contribution in [0, 0.1) is 0 Å². The second kappa shape index (κ2) is 7.62. The largest absolute Gasteiger partial charge is 0.496 e. The van der Waals surface area contributed by atoms with E-state index < -0.39 is 0 Å². The van der Waals surface area contributed by atoms with Gasteiger partial charge in [-0.1, -0.05) is 24.6 Å². The molecule has 1 rings (SSSR count). The minimum absolute atomic E-state index is 0.115. The number of hydrogen-bond donors (Lipinski definition) is 1. The van der Waals surface area contributed by atoms with Crippen molar-refractivity contribution in [2.24, 2.45) is 0 Å². The average molecular weight is 272 g/mol. The summed E-state index contributed by atoms with van der Waals surface area (Å²) in [7, 11) is 1.65. The number of halogens is 1. The highest BCUT2D eigenvalue weighted by Gasteiger charge is 2.16. The number of nitrogens with one attached hydrogen (secondary N) is 1. The van der Waals surface area contributed by atoms with Crippen molar-refractivity contribution in [3.05, 3.63) is 28.8 Å². The molecule has 1 atom stereocenters. The van der Waals surface area contributed by atoms with Crippen LogP contribution in [-0.4, -0.2) is 26.4 Å². The first-order valence-electron chi connectivity index (χ1n) is 6.26. The van der Waals surface area contributed by atoms with E-state index in [1.165, 1.54) is 0 Å². The van der Waals surface area contributed by atoms with Gasteiger partial charge >= 0.3 is 0 Å². The Bertz CT molecular complexity index is 369. The van der Waals surface area contributed by atoms with Gasteiger partial charge in [-0.3, -0.25) is 0 Å². The lowest BCUT2D eigenvalue weighted by atomic mass is 10.1. The molecule has 0 fully saturated rings. The van der Waals surface area contributed by atoms with Crippen molar-refractivity contribution in [2.45, 2.75) is 32.9 Å². The summed E-state index contributed by atoms with van der Waals surface area (Å²) >= 11 is 5.97. The Morgan fingerprint density at radius 2 is 2.06 bits per heavy atom. The van der Waals surface area contributed by atoms with Crippen LogP contribution < -0.4 is 10.1 Å². The molecule has 102 valence electrons. The molecule has 0 aliphatic rings. The van der Waals surface area contributed by atoms with E-state index >= 15 is 0 Å². The summed E-state index contributed by atoms with van der Waals surface area (Å²) in [5.74, 6) is 0.792. The Labute approximate surface area is 114 Å². The Balaban J connectivity index is 2.89. The maximum atomic E-state index is 5.97. The van der Waals surface area contributed by atoms with Crippen LogP contribution in [-0.2, 0) is 4.74 Å². The SMILES string of the molecule is CCNC(COC(C)C)c1ccc(Cl)cc1OC. The standard InChI is InChI=1S/C14H22ClNO2/c1-5-16-13(9-18-10(2)3)12-7-6-11(15)8-14(12)17-4/h6-8,10,13,16H,5,9H2,1-4H3. The van der Waals surface area contributed by atoms with Gasteiger partial charge in [-0.05, 0) is 32.5 Å². The van der Waals surface area contributed by atoms with Crippen LogP contribution in [0.1, 0.15) is 32.4 Å². The molecule has 18 heavy (non-hydrogen) atoms. The van der Waals surface area contributed by atoms with Crippen molar-refractivity contribution in [3.63, 3.8) is 0 Å². The predicted octanol–water partition coefficient (Wildman–Crippen LogP) is 3.42. The zero-order valence-electron chi connectivity index (χ0n) is 11.5. The highest BCUT2D eigenvalue weighted by atomic mass is 35.5. The number of ether oxygens (including phenoxy) is 2. The molecule has 0 saturated heterocycles. The molecule has 0 bridgehead atoms. The van der Waals surface area contributed by atoms with Crippen LogP contribution in [0.4, 0.5) is 0 Å². The van der Waals surface area contributed by atoms with Crippen LogP contribution in [0.25, 0.3) is 0 Å². The highest BCUT2D eigenvalue weighted by Crippen LogP contribution is 2.28. The first-order valence-corrected chi connectivity index (χ1v) is 6.64. The van der Waals surface area contributed by atoms with Crippen molar-refractivity contribution in [1.29, 1.82) is 0 Å². The number of hydrogen-bond acceptors (Lipinski definition) is 3. The lowest BCUT2D eigenvalue weighted by molar-refractivity contribution is 0.0609. The Morgan fingerprint density at radius 3 is 2.61 bits per heavy atom. The van der Waals surface area contributed by atoms with Crippen LogP contribution in [0.2, 0.25) is 5.02 Å². The molecule has 1 N–H and O–H groups in total. The summed E-state index contributed by atoms with van der Waals surface area (Å²) < 4.78 is 11.1. The molecule has 1 unspecified atom stereocenters. The van der Waals surface area contributed by atoms with E-state index in [4.69, 9.17) is 21.1 Å². The maximum Gasteiger partial charge on any atom is 0.125 e. The van der Waals surface area contributed by atoms with Crippen LogP contribution in [0.15, 0.2) is 18.2 Å². The fourth-order valence-electron chi connectivity index (χ4n) is 1.77. The summed E-state index contributed by atoms with van der Waals surface area (Å²) in [5, 5.41) is 4.08. The van der Waals surface area contributed by atoms with E-state index in [0.717, 1.165) is 17.9 Å². The first-order chi connectivity index (χ1) is 8.58. The zero-order chi connectivity index (χ0) is 13.5. The van der Waals surface area contributed by atoms with Crippen molar-refractivity contribution < 1.29 is 9.47 Å². The number of benzene rings is 1. The van der Waals surface area contributed by atoms with E-state index in [2.05, 4.69) is 12.2 Å². The molecular formula is C14H22ClNO2. The Morgan fingerprint density at radius 1 is 1.33 bits per heavy atom. The lowest BCUT2D eigenvalue weighted by Gasteiger charge is -2.22. The van der Waals surface area contributed by atoms with Crippen molar-refractivity contribution in [1.82, 2.24) is 5.32 Å². The second-order valence-electron chi connectivity index (χ2n) is 4.38. The first kappa shape index (κ1) is 15.3. The van der Waals surface area contributed by atoms with E-state index in [1.54, 1.807) is 7.11 Å². The molecular weight excluding hydrogens is 250 g/mol. The van der Waals surface area contributed by atoms with Crippen molar-refractivity contribution in [2.75, 3.05) is 20.3 Å². The fourth-order valence-corrected chi connectivity index (χ4v) is 1.93. The molecule has 0 spiro atoms. The van der Waals surface area contributed by atoms with E-state index in [-0.39, 0.29) is 12.1 Å². The molecule has 0 aliphatic carbocycles. The fraction of sp³-hybridized carbons (Fsp3) is 0.571. The molecule has 0 amide bonds. The van der Waals surface area contributed by atoms with E-state index in [9.17, 15) is 0 Å². The van der Waals surface area contributed by atoms with Gasteiger partial charge in [0.15, 0.2) is 0 Å². The third-order valence-corrected chi connectivity index (χ3v) is 2.85. The maximum absolute atomic E-state index is 5.97. The van der Waals surface area contributed by atoms with Gasteiger partial charge in [0, 0.05) is 10.6 Å². The summed E-state index contributed by atoms with van der Waals surface area (Å²) in [5.41, 5.74) is 1.07. The van der Waals surface area contributed by atoms with Gasteiger partial charge in [0.2, 0.25) is 0 Å². The smallest absolute Gasteiger partial charge is 0.125 e. The van der Waals surface area contributed by atoms with E-state index in [0.29, 0.717) is 11.6 Å². The van der Waals surface area contributed by atoms with Crippen LogP contribution >= 0.6 is 11.6 Å². The predicted molar refractivity (Wildman–Crippen MR) is 75.5 cm³/mol. The van der Waals surface area contributed by atoms with Crippen molar-refractivity contribution >= 4 is 11.6 Å². The van der Waals surface area contributed by atoms with Gasteiger partial charge in [-0.2, -0.15) is 0 Å². The van der Waals surface area contributed by atoms with E-state index in [1.807, 2.05) is 32.0 Å². The monoisotopic (exact) mass is 271 g/mol. The average Bonchev–Trinajstić information content (AvgIpc) is 2.34. The number of likely N-dealkylation sites (N-methyl/N-ethyl adjacent to an activating group) is 1. The molecule has 1 aromatic carbocycles. The minimum Gasteiger partial charge on any atom is -0.496 e. The molecule has 0 radical (unpaired) electrons. The summed E-state index contributed by atoms with van der Waals surface area (Å²) in [6.45, 7) is 7.62. The van der Waals surface area contributed by atoms with Gasteiger partial charge in [-0.25, -0.2) is 0 Å². The van der Waals surface area contributed by atoms with Crippen molar-refractivity contribution in [3.8, 4) is 5.75 Å². The van der Waals surface area contributed by atoms with Gasteiger partial charge in [0.05, 0.1) is 25.9 Å². The van der Waals surface area contributed by atoms with Gasteiger partial charge in [0.1, 0.15) is 5.75 Å². The molecule has 0 saturated carbocycles. The highest BCUT2D eigenvalue weighted by molar-refractivity contribution is 6.30. The zero-order valence-corrected chi connectivity index (χ0v) is 12.3. The minimum atomic E-state index is 0.115. The third-order valence-electron chi connectivity index (χ3n) is 2.62. The normalized spacial score (nSPS) is 12.8. The second-order valence-corrected chi connectivity index (χ2v) is 4.82. The molecule has 0 aromatic heterocycles. The van der Waals surface area contributed by atoms with Gasteiger partial charge in [0.25, 0.3) is 0 Å². The summed E-state index contributed by atoms with van der Waals surface area (Å²) in [4.78, 5) is 0. The molecule has 4 heteroatoms. The van der Waals surface area contributed by atoms with Crippen LogP contribution in [0.5, 0.6) is 5.75 Å². The molecule has 0 aliphatic heterocycles. The molecule has 3 nitrogen and oxygen atoms in total. The lowest BCUT2D eigenvalue weighted by Crippen LogP contribution is -2.27.